The number of nitrogens with zero attached hydrogens (tertiary/aromatic N) is 4. The van der Waals surface area contributed by atoms with E-state index in [9.17, 15) is 0 Å². The molecule has 0 fully saturated rings. The van der Waals surface area contributed by atoms with Crippen LogP contribution in [0.4, 0.5) is 17.3 Å². The summed E-state index contributed by atoms with van der Waals surface area (Å²) in [6.45, 7) is 0.651. The van der Waals surface area contributed by atoms with Crippen LogP contribution >= 0.6 is 11.6 Å². The number of halogens is 1. The summed E-state index contributed by atoms with van der Waals surface area (Å²) < 4.78 is 1.84. The molecule has 0 aliphatic heterocycles. The second kappa shape index (κ2) is 7.47. The summed E-state index contributed by atoms with van der Waals surface area (Å²) >= 11 is 6.26. The van der Waals surface area contributed by atoms with Crippen molar-refractivity contribution in [1.29, 1.82) is 0 Å². The number of rotatable bonds is 5. The van der Waals surface area contributed by atoms with E-state index in [-0.39, 0.29) is 0 Å². The van der Waals surface area contributed by atoms with Crippen molar-refractivity contribution >= 4 is 28.9 Å². The summed E-state index contributed by atoms with van der Waals surface area (Å²) in [7, 11) is 0. The molecule has 0 saturated heterocycles. The summed E-state index contributed by atoms with van der Waals surface area (Å²) in [5.41, 5.74) is 10.0. The first kappa shape index (κ1) is 17.1. The van der Waals surface area contributed by atoms with Crippen LogP contribution in [0, 0.1) is 0 Å². The lowest BCUT2D eigenvalue weighted by Gasteiger charge is -2.07. The molecule has 2 heterocycles. The van der Waals surface area contributed by atoms with Crippen LogP contribution in [-0.4, -0.2) is 19.7 Å². The molecule has 27 heavy (non-hydrogen) atoms. The van der Waals surface area contributed by atoms with E-state index in [1.54, 1.807) is 12.4 Å². The third-order valence-electron chi connectivity index (χ3n) is 4.01. The third kappa shape index (κ3) is 4.07. The summed E-state index contributed by atoms with van der Waals surface area (Å²) in [5.74, 6) is 0.463. The van der Waals surface area contributed by atoms with E-state index in [1.807, 2.05) is 65.5 Å². The molecule has 0 saturated carbocycles. The van der Waals surface area contributed by atoms with Crippen LogP contribution in [0.1, 0.15) is 5.56 Å². The molecule has 2 aromatic carbocycles. The molecular formula is C20H17ClN6. The van der Waals surface area contributed by atoms with E-state index < -0.39 is 0 Å². The van der Waals surface area contributed by atoms with Crippen molar-refractivity contribution in [2.75, 3.05) is 11.1 Å². The Morgan fingerprint density at radius 2 is 1.78 bits per heavy atom. The Bertz CT molecular complexity index is 1040. The van der Waals surface area contributed by atoms with E-state index in [4.69, 9.17) is 17.3 Å². The van der Waals surface area contributed by atoms with Gasteiger partial charge in [-0.15, -0.1) is 0 Å². The highest BCUT2D eigenvalue weighted by Gasteiger charge is 2.09. The van der Waals surface area contributed by atoms with Gasteiger partial charge in [0.1, 0.15) is 0 Å². The fourth-order valence-corrected chi connectivity index (χ4v) is 2.88. The minimum absolute atomic E-state index is 0.463. The van der Waals surface area contributed by atoms with Gasteiger partial charge in [0.25, 0.3) is 0 Å². The first-order valence-electron chi connectivity index (χ1n) is 8.39. The molecular weight excluding hydrogens is 360 g/mol. The fraction of sp³-hybridized carbons (Fsp3) is 0.0500. The lowest BCUT2D eigenvalue weighted by molar-refractivity contribution is 0.687. The minimum Gasteiger partial charge on any atom is -0.399 e. The largest absolute Gasteiger partial charge is 0.399 e. The quantitative estimate of drug-likeness (QED) is 0.505. The molecule has 4 aromatic rings. The Balaban J connectivity index is 1.51. The average Bonchev–Trinajstić information content (AvgIpc) is 3.13. The Morgan fingerprint density at radius 1 is 1.00 bits per heavy atom. The molecule has 6 nitrogen and oxygen atoms in total. The van der Waals surface area contributed by atoms with Gasteiger partial charge in [0.15, 0.2) is 0 Å². The Hall–Kier alpha value is -3.38. The maximum atomic E-state index is 6.26. The highest BCUT2D eigenvalue weighted by atomic mass is 35.5. The second-order valence-corrected chi connectivity index (χ2v) is 6.46. The van der Waals surface area contributed by atoms with Crippen molar-refractivity contribution < 1.29 is 0 Å². The lowest BCUT2D eigenvalue weighted by Crippen LogP contribution is -2.00. The Kier molecular flexibility index (Phi) is 4.72. The zero-order valence-corrected chi connectivity index (χ0v) is 15.1. The molecule has 0 spiro atoms. The number of anilines is 3. The first-order valence-corrected chi connectivity index (χ1v) is 8.77. The van der Waals surface area contributed by atoms with Crippen molar-refractivity contribution in [2.24, 2.45) is 0 Å². The number of nitrogen functional groups attached to an aromatic ring is 1. The van der Waals surface area contributed by atoms with Crippen molar-refractivity contribution in [3.63, 3.8) is 0 Å². The van der Waals surface area contributed by atoms with E-state index >= 15 is 0 Å². The number of nitrogens with one attached hydrogen (secondary N) is 1. The summed E-state index contributed by atoms with van der Waals surface area (Å²) in [6, 6.07) is 17.5. The predicted octanol–water partition coefficient (Wildman–Crippen LogP) is 4.37. The number of hydrogen-bond donors (Lipinski definition) is 2. The number of aromatic nitrogens is 4. The highest BCUT2D eigenvalue weighted by molar-refractivity contribution is 6.32. The van der Waals surface area contributed by atoms with E-state index in [0.29, 0.717) is 23.2 Å². The van der Waals surface area contributed by atoms with Crippen LogP contribution in [0.2, 0.25) is 5.02 Å². The fourth-order valence-electron chi connectivity index (χ4n) is 2.68. The maximum absolute atomic E-state index is 6.26. The SMILES string of the molecule is Nc1ccc(Cn2cc(Nc3ncc(Cl)c(-c4ccccc4)n3)cn2)cc1. The van der Waals surface area contributed by atoms with E-state index in [1.165, 1.54) is 0 Å². The summed E-state index contributed by atoms with van der Waals surface area (Å²) in [6.07, 6.45) is 5.23. The van der Waals surface area contributed by atoms with Crippen LogP contribution in [-0.2, 0) is 6.54 Å². The van der Waals surface area contributed by atoms with Gasteiger partial charge in [-0.05, 0) is 17.7 Å². The molecule has 0 bridgehead atoms. The van der Waals surface area contributed by atoms with Crippen LogP contribution in [0.25, 0.3) is 11.3 Å². The number of hydrogen-bond acceptors (Lipinski definition) is 5. The van der Waals surface area contributed by atoms with Gasteiger partial charge in [0, 0.05) is 17.4 Å². The monoisotopic (exact) mass is 376 g/mol. The standard InChI is InChI=1S/C20H17ClN6/c21-18-11-23-20(26-19(18)15-4-2-1-3-5-15)25-17-10-24-27(13-17)12-14-6-8-16(22)9-7-14/h1-11,13H,12,22H2,(H,23,25,26). The zero-order chi connectivity index (χ0) is 18.6. The highest BCUT2D eigenvalue weighted by Crippen LogP contribution is 2.26. The lowest BCUT2D eigenvalue weighted by atomic mass is 10.1. The van der Waals surface area contributed by atoms with Crippen molar-refractivity contribution in [3.05, 3.63) is 83.8 Å². The Labute approximate surface area is 161 Å². The molecule has 0 atom stereocenters. The van der Waals surface area contributed by atoms with E-state index in [0.717, 1.165) is 22.5 Å². The summed E-state index contributed by atoms with van der Waals surface area (Å²) in [5, 5.41) is 8.05. The molecule has 0 unspecified atom stereocenters. The zero-order valence-electron chi connectivity index (χ0n) is 14.4. The van der Waals surface area contributed by atoms with Gasteiger partial charge in [0.05, 0.1) is 35.3 Å². The second-order valence-electron chi connectivity index (χ2n) is 6.05. The van der Waals surface area contributed by atoms with E-state index in [2.05, 4.69) is 20.4 Å². The number of benzene rings is 2. The molecule has 134 valence electrons. The molecule has 0 aliphatic carbocycles. The van der Waals surface area contributed by atoms with Crippen LogP contribution in [0.5, 0.6) is 0 Å². The first-order chi connectivity index (χ1) is 13.2. The molecule has 7 heteroatoms. The van der Waals surface area contributed by atoms with Crippen LogP contribution < -0.4 is 11.1 Å². The Morgan fingerprint density at radius 3 is 2.56 bits per heavy atom. The number of nitrogens with two attached hydrogens (primary N) is 1. The van der Waals surface area contributed by atoms with Gasteiger partial charge in [-0.2, -0.15) is 5.10 Å². The van der Waals surface area contributed by atoms with Crippen LogP contribution in [0.15, 0.2) is 73.2 Å². The topological polar surface area (TPSA) is 81.6 Å². The molecule has 2 aromatic heterocycles. The van der Waals surface area contributed by atoms with Gasteiger partial charge in [-0.3, -0.25) is 4.68 Å². The van der Waals surface area contributed by atoms with Gasteiger partial charge in [-0.25, -0.2) is 9.97 Å². The average molecular weight is 377 g/mol. The van der Waals surface area contributed by atoms with Crippen LogP contribution in [0.3, 0.4) is 0 Å². The van der Waals surface area contributed by atoms with Gasteiger partial charge >= 0.3 is 0 Å². The van der Waals surface area contributed by atoms with Crippen molar-refractivity contribution in [2.45, 2.75) is 6.54 Å². The van der Waals surface area contributed by atoms with Gasteiger partial charge in [-0.1, -0.05) is 54.1 Å². The normalized spacial score (nSPS) is 10.7. The van der Waals surface area contributed by atoms with Crippen molar-refractivity contribution in [3.8, 4) is 11.3 Å². The smallest absolute Gasteiger partial charge is 0.227 e. The molecule has 0 radical (unpaired) electrons. The third-order valence-corrected chi connectivity index (χ3v) is 4.28. The van der Waals surface area contributed by atoms with Gasteiger partial charge in [0.2, 0.25) is 5.95 Å². The molecule has 0 aliphatic rings. The van der Waals surface area contributed by atoms with Gasteiger partial charge < -0.3 is 11.1 Å². The molecule has 0 amide bonds. The molecule has 4 rings (SSSR count). The molecule has 3 N–H and O–H groups in total. The predicted molar refractivity (Wildman–Crippen MR) is 108 cm³/mol. The minimum atomic E-state index is 0.463. The maximum Gasteiger partial charge on any atom is 0.227 e. The van der Waals surface area contributed by atoms with Crippen molar-refractivity contribution in [1.82, 2.24) is 19.7 Å². The summed E-state index contributed by atoms with van der Waals surface area (Å²) in [4.78, 5) is 8.79.